The van der Waals surface area contributed by atoms with Crippen LogP contribution in [0.25, 0.3) is 0 Å². The van der Waals surface area contributed by atoms with Crippen molar-refractivity contribution in [1.82, 2.24) is 14.7 Å². The first-order valence-corrected chi connectivity index (χ1v) is 8.54. The number of hydrogen-bond acceptors (Lipinski definition) is 4. The average Bonchev–Trinajstić information content (AvgIpc) is 3.00. The molecule has 0 saturated carbocycles. The Balaban J connectivity index is 1.93. The summed E-state index contributed by atoms with van der Waals surface area (Å²) in [4.78, 5) is 39.6. The molecule has 0 aromatic rings. The van der Waals surface area contributed by atoms with Crippen LogP contribution in [0.1, 0.15) is 33.6 Å². The third kappa shape index (κ3) is 4.79. The lowest BCUT2D eigenvalue weighted by atomic mass is 10.1. The SMILES string of the molecule is CC(C)(C)OC(=O)N1CCN(C(=O)C2CCCN2C(=O)C(F)(F)F)CC1. The van der Waals surface area contributed by atoms with E-state index in [-0.39, 0.29) is 39.1 Å². The third-order valence-electron chi connectivity index (χ3n) is 4.28. The number of ether oxygens (including phenoxy) is 1. The van der Waals surface area contributed by atoms with Crippen molar-refractivity contribution in [1.29, 1.82) is 0 Å². The molecule has 1 atom stereocenters. The lowest BCUT2D eigenvalue weighted by Gasteiger charge is -2.37. The summed E-state index contributed by atoms with van der Waals surface area (Å²) in [6.07, 6.45) is -4.90. The quantitative estimate of drug-likeness (QED) is 0.694. The van der Waals surface area contributed by atoms with Gasteiger partial charge in [-0.3, -0.25) is 9.59 Å². The van der Waals surface area contributed by atoms with Gasteiger partial charge in [0.25, 0.3) is 0 Å². The number of hydrogen-bond donors (Lipinski definition) is 0. The minimum atomic E-state index is -4.99. The fourth-order valence-corrected chi connectivity index (χ4v) is 3.08. The molecule has 2 rings (SSSR count). The highest BCUT2D eigenvalue weighted by molar-refractivity contribution is 5.90. The molecule has 26 heavy (non-hydrogen) atoms. The van der Waals surface area contributed by atoms with E-state index in [1.54, 1.807) is 20.8 Å². The van der Waals surface area contributed by atoms with Crippen LogP contribution in [0.5, 0.6) is 0 Å². The maximum atomic E-state index is 12.7. The van der Waals surface area contributed by atoms with E-state index < -0.39 is 35.7 Å². The summed E-state index contributed by atoms with van der Waals surface area (Å²) in [7, 11) is 0. The highest BCUT2D eigenvalue weighted by Gasteiger charge is 2.48. The van der Waals surface area contributed by atoms with Crippen molar-refractivity contribution < 1.29 is 32.3 Å². The second kappa shape index (κ2) is 7.32. The van der Waals surface area contributed by atoms with Gasteiger partial charge in [0.2, 0.25) is 5.91 Å². The molecule has 7 nitrogen and oxygen atoms in total. The normalized spacial score (nSPS) is 21.8. The summed E-state index contributed by atoms with van der Waals surface area (Å²) in [5.41, 5.74) is -0.633. The van der Waals surface area contributed by atoms with E-state index in [1.807, 2.05) is 0 Å². The van der Waals surface area contributed by atoms with Crippen LogP contribution in [0.4, 0.5) is 18.0 Å². The largest absolute Gasteiger partial charge is 0.471 e. The van der Waals surface area contributed by atoms with E-state index in [9.17, 15) is 27.6 Å². The van der Waals surface area contributed by atoms with Crippen molar-refractivity contribution >= 4 is 17.9 Å². The zero-order valence-electron chi connectivity index (χ0n) is 15.1. The number of carbonyl (C=O) groups is 3. The van der Waals surface area contributed by atoms with E-state index in [1.165, 1.54) is 9.80 Å². The molecule has 0 aromatic heterocycles. The van der Waals surface area contributed by atoms with Crippen LogP contribution >= 0.6 is 0 Å². The summed E-state index contributed by atoms with van der Waals surface area (Å²) in [5, 5.41) is 0. The van der Waals surface area contributed by atoms with Gasteiger partial charge >= 0.3 is 18.2 Å². The Morgan fingerprint density at radius 3 is 1.96 bits per heavy atom. The highest BCUT2D eigenvalue weighted by atomic mass is 19.4. The molecule has 3 amide bonds. The minimum absolute atomic E-state index is 0.0768. The lowest BCUT2D eigenvalue weighted by molar-refractivity contribution is -0.187. The fourth-order valence-electron chi connectivity index (χ4n) is 3.08. The van der Waals surface area contributed by atoms with Gasteiger partial charge in [0, 0.05) is 32.7 Å². The Kier molecular flexibility index (Phi) is 5.72. The van der Waals surface area contributed by atoms with Crippen molar-refractivity contribution in [2.24, 2.45) is 0 Å². The number of carbonyl (C=O) groups excluding carboxylic acids is 3. The summed E-state index contributed by atoms with van der Waals surface area (Å²) in [5.74, 6) is -2.47. The summed E-state index contributed by atoms with van der Waals surface area (Å²) < 4.78 is 43.3. The lowest BCUT2D eigenvalue weighted by Crippen LogP contribution is -2.56. The Hall–Kier alpha value is -2.00. The summed E-state index contributed by atoms with van der Waals surface area (Å²) in [6.45, 7) is 6.03. The van der Waals surface area contributed by atoms with Gasteiger partial charge < -0.3 is 19.4 Å². The van der Waals surface area contributed by atoms with Crippen LogP contribution in [-0.2, 0) is 14.3 Å². The number of piperazine rings is 1. The number of likely N-dealkylation sites (tertiary alicyclic amines) is 1. The van der Waals surface area contributed by atoms with Gasteiger partial charge in [0.15, 0.2) is 0 Å². The predicted octanol–water partition coefficient (Wildman–Crippen LogP) is 1.62. The van der Waals surface area contributed by atoms with E-state index >= 15 is 0 Å². The minimum Gasteiger partial charge on any atom is -0.444 e. The van der Waals surface area contributed by atoms with Gasteiger partial charge in [-0.25, -0.2) is 4.79 Å². The van der Waals surface area contributed by atoms with E-state index in [0.717, 1.165) is 0 Å². The van der Waals surface area contributed by atoms with E-state index in [2.05, 4.69) is 0 Å². The van der Waals surface area contributed by atoms with Crippen molar-refractivity contribution in [3.8, 4) is 0 Å². The zero-order valence-corrected chi connectivity index (χ0v) is 15.1. The zero-order chi connectivity index (χ0) is 19.7. The van der Waals surface area contributed by atoms with E-state index in [0.29, 0.717) is 11.3 Å². The number of halogens is 3. The molecular weight excluding hydrogens is 355 g/mol. The first kappa shape index (κ1) is 20.3. The topological polar surface area (TPSA) is 70.2 Å². The van der Waals surface area contributed by atoms with Crippen LogP contribution in [0.15, 0.2) is 0 Å². The number of nitrogens with zero attached hydrogens (tertiary/aromatic N) is 3. The molecule has 0 bridgehead atoms. The Labute approximate surface area is 150 Å². The van der Waals surface area contributed by atoms with E-state index in [4.69, 9.17) is 4.74 Å². The van der Waals surface area contributed by atoms with Gasteiger partial charge in [-0.05, 0) is 33.6 Å². The van der Waals surface area contributed by atoms with Crippen LogP contribution in [0, 0.1) is 0 Å². The summed E-state index contributed by atoms with van der Waals surface area (Å²) >= 11 is 0. The molecule has 148 valence electrons. The number of alkyl halides is 3. The molecule has 2 heterocycles. The van der Waals surface area contributed by atoms with Crippen LogP contribution in [0.3, 0.4) is 0 Å². The molecule has 2 aliphatic heterocycles. The molecule has 2 saturated heterocycles. The standard InChI is InChI=1S/C16H24F3N3O4/c1-15(2,3)26-14(25)21-9-7-20(8-10-21)12(23)11-5-4-6-22(11)13(24)16(17,18)19/h11H,4-10H2,1-3H3. The van der Waals surface area contributed by atoms with Gasteiger partial charge in [0.05, 0.1) is 0 Å². The maximum absolute atomic E-state index is 12.7. The highest BCUT2D eigenvalue weighted by Crippen LogP contribution is 2.27. The van der Waals surface area contributed by atoms with Crippen molar-refractivity contribution in [2.75, 3.05) is 32.7 Å². The molecule has 2 fully saturated rings. The molecule has 0 aliphatic carbocycles. The molecule has 2 aliphatic rings. The van der Waals surface area contributed by atoms with Gasteiger partial charge in [0.1, 0.15) is 11.6 Å². The second-order valence-corrected chi connectivity index (χ2v) is 7.45. The number of rotatable bonds is 1. The first-order valence-electron chi connectivity index (χ1n) is 8.54. The van der Waals surface area contributed by atoms with Crippen LogP contribution in [0.2, 0.25) is 0 Å². The molecule has 0 radical (unpaired) electrons. The fraction of sp³-hybridized carbons (Fsp3) is 0.812. The van der Waals surface area contributed by atoms with Crippen molar-refractivity contribution in [3.05, 3.63) is 0 Å². The molecule has 10 heteroatoms. The molecule has 1 unspecified atom stereocenters. The first-order chi connectivity index (χ1) is 11.9. The average molecular weight is 379 g/mol. The number of amides is 3. The maximum Gasteiger partial charge on any atom is 0.471 e. The van der Waals surface area contributed by atoms with Crippen molar-refractivity contribution in [2.45, 2.75) is 51.4 Å². The smallest absolute Gasteiger partial charge is 0.444 e. The molecular formula is C16H24F3N3O4. The molecule has 0 spiro atoms. The molecule has 0 N–H and O–H groups in total. The third-order valence-corrected chi connectivity index (χ3v) is 4.28. The monoisotopic (exact) mass is 379 g/mol. The molecule has 0 aromatic carbocycles. The Bertz CT molecular complexity index is 566. The van der Waals surface area contributed by atoms with Crippen molar-refractivity contribution in [3.63, 3.8) is 0 Å². The van der Waals surface area contributed by atoms with Crippen LogP contribution in [-0.4, -0.2) is 83.2 Å². The van der Waals surface area contributed by atoms with Gasteiger partial charge in [-0.2, -0.15) is 13.2 Å². The van der Waals surface area contributed by atoms with Crippen LogP contribution < -0.4 is 0 Å². The predicted molar refractivity (Wildman–Crippen MR) is 85.2 cm³/mol. The van der Waals surface area contributed by atoms with Gasteiger partial charge in [-0.1, -0.05) is 0 Å². The summed E-state index contributed by atoms with van der Waals surface area (Å²) in [6, 6.07) is -1.09. The van der Waals surface area contributed by atoms with Gasteiger partial charge in [-0.15, -0.1) is 0 Å². The second-order valence-electron chi connectivity index (χ2n) is 7.45. The Morgan fingerprint density at radius 1 is 0.923 bits per heavy atom. The Morgan fingerprint density at radius 2 is 1.46 bits per heavy atom.